The number of piperidine rings is 1. The highest BCUT2D eigenvalue weighted by Crippen LogP contribution is 2.36. The number of methoxy groups -OCH3 is 1. The van der Waals surface area contributed by atoms with Crippen LogP contribution < -0.4 is 15.8 Å². The third kappa shape index (κ3) is 3.65. The highest BCUT2D eigenvalue weighted by molar-refractivity contribution is 6.08. The van der Waals surface area contributed by atoms with E-state index in [1.165, 1.54) is 0 Å². The highest BCUT2D eigenvalue weighted by atomic mass is 16.5. The molecule has 152 valence electrons. The van der Waals surface area contributed by atoms with Crippen LogP contribution in [0.2, 0.25) is 0 Å². The average Bonchev–Trinajstić information content (AvgIpc) is 3.09. The lowest BCUT2D eigenvalue weighted by atomic mass is 9.96. The number of para-hydroxylation sites is 1. The molecule has 1 saturated heterocycles. The van der Waals surface area contributed by atoms with Crippen LogP contribution >= 0.6 is 0 Å². The fraction of sp³-hybridized carbons (Fsp3) is 0.364. The molecule has 0 unspecified atom stereocenters. The number of nitrogens with one attached hydrogen (secondary N) is 1. The molecule has 3 aromatic rings. The van der Waals surface area contributed by atoms with Gasteiger partial charge in [-0.2, -0.15) is 0 Å². The molecule has 0 spiro atoms. The van der Waals surface area contributed by atoms with Crippen LogP contribution in [-0.4, -0.2) is 43.0 Å². The summed E-state index contributed by atoms with van der Waals surface area (Å²) >= 11 is 0. The Morgan fingerprint density at radius 1 is 1.24 bits per heavy atom. The number of carbonyl (C=O) groups is 2. The zero-order valence-electron chi connectivity index (χ0n) is 16.6. The zero-order chi connectivity index (χ0) is 20.5. The van der Waals surface area contributed by atoms with Crippen molar-refractivity contribution >= 4 is 39.4 Å². The van der Waals surface area contributed by atoms with E-state index in [0.29, 0.717) is 23.6 Å². The number of fused-ring (bicyclic) bond motifs is 3. The summed E-state index contributed by atoms with van der Waals surface area (Å²) < 4.78 is 11.4. The number of amides is 2. The van der Waals surface area contributed by atoms with Crippen molar-refractivity contribution in [3.8, 4) is 5.75 Å². The summed E-state index contributed by atoms with van der Waals surface area (Å²) in [6.45, 7) is 3.10. The van der Waals surface area contributed by atoms with Crippen LogP contribution in [-0.2, 0) is 9.59 Å². The number of primary amides is 1. The summed E-state index contributed by atoms with van der Waals surface area (Å²) in [6, 6.07) is 11.1. The number of ether oxygens (including phenoxy) is 1. The topological polar surface area (TPSA) is 97.8 Å². The Morgan fingerprint density at radius 3 is 2.79 bits per heavy atom. The lowest BCUT2D eigenvalue weighted by Crippen LogP contribution is -2.49. The standard InChI is InChI=1S/C22H25N3O4/c1-13(25-9-5-6-14(12-25)21(23)26)22(27)24-17-11-19-16(10-20(17)28-2)15-7-3-4-8-18(15)29-19/h3-4,7-8,10-11,13-14H,5-6,9,12H2,1-2H3,(H2,23,26)(H,24,27)/t13-,14+/m1/s1. The van der Waals surface area contributed by atoms with Crippen molar-refractivity contribution in [3.63, 3.8) is 0 Å². The summed E-state index contributed by atoms with van der Waals surface area (Å²) in [7, 11) is 1.57. The van der Waals surface area contributed by atoms with Crippen LogP contribution in [0.4, 0.5) is 5.69 Å². The number of nitrogens with two attached hydrogens (primary N) is 1. The first-order valence-electron chi connectivity index (χ1n) is 9.81. The second-order valence-corrected chi connectivity index (χ2v) is 7.55. The molecule has 29 heavy (non-hydrogen) atoms. The zero-order valence-corrected chi connectivity index (χ0v) is 16.6. The maximum Gasteiger partial charge on any atom is 0.241 e. The average molecular weight is 395 g/mol. The normalized spacial score (nSPS) is 18.6. The minimum atomic E-state index is -0.395. The maximum absolute atomic E-state index is 12.9. The number of hydrogen-bond acceptors (Lipinski definition) is 5. The van der Waals surface area contributed by atoms with Crippen LogP contribution in [0, 0.1) is 5.92 Å². The number of hydrogen-bond donors (Lipinski definition) is 2. The number of anilines is 1. The van der Waals surface area contributed by atoms with Gasteiger partial charge < -0.3 is 20.2 Å². The fourth-order valence-electron chi connectivity index (χ4n) is 4.01. The number of benzene rings is 2. The lowest BCUT2D eigenvalue weighted by Gasteiger charge is -2.34. The highest BCUT2D eigenvalue weighted by Gasteiger charge is 2.30. The van der Waals surface area contributed by atoms with E-state index in [2.05, 4.69) is 5.32 Å². The van der Waals surface area contributed by atoms with Gasteiger partial charge in [-0.05, 0) is 38.4 Å². The molecule has 3 N–H and O–H groups in total. The van der Waals surface area contributed by atoms with Crippen LogP contribution in [0.15, 0.2) is 40.8 Å². The first-order chi connectivity index (χ1) is 14.0. The van der Waals surface area contributed by atoms with Crippen molar-refractivity contribution in [1.82, 2.24) is 4.90 Å². The van der Waals surface area contributed by atoms with Crippen LogP contribution in [0.3, 0.4) is 0 Å². The number of carbonyl (C=O) groups excluding carboxylic acids is 2. The first kappa shape index (κ1) is 19.3. The molecule has 4 rings (SSSR count). The van der Waals surface area contributed by atoms with Crippen molar-refractivity contribution in [2.75, 3.05) is 25.5 Å². The van der Waals surface area contributed by atoms with Crippen LogP contribution in [0.25, 0.3) is 21.9 Å². The van der Waals surface area contributed by atoms with Gasteiger partial charge in [-0.25, -0.2) is 0 Å². The van der Waals surface area contributed by atoms with E-state index in [9.17, 15) is 9.59 Å². The molecular formula is C22H25N3O4. The third-order valence-electron chi connectivity index (χ3n) is 5.74. The van der Waals surface area contributed by atoms with Crippen molar-refractivity contribution in [1.29, 1.82) is 0 Å². The molecule has 7 nitrogen and oxygen atoms in total. The molecule has 2 heterocycles. The van der Waals surface area contributed by atoms with Crippen molar-refractivity contribution < 1.29 is 18.7 Å². The minimum Gasteiger partial charge on any atom is -0.495 e. The molecule has 7 heteroatoms. The molecule has 1 aliphatic heterocycles. The Hall–Kier alpha value is -3.06. The van der Waals surface area contributed by atoms with Gasteiger partial charge in [0.2, 0.25) is 11.8 Å². The summed E-state index contributed by atoms with van der Waals surface area (Å²) in [5.41, 5.74) is 7.48. The summed E-state index contributed by atoms with van der Waals surface area (Å²) in [4.78, 5) is 26.4. The molecule has 2 aromatic carbocycles. The smallest absolute Gasteiger partial charge is 0.241 e. The van der Waals surface area contributed by atoms with Crippen molar-refractivity contribution in [3.05, 3.63) is 36.4 Å². The first-order valence-corrected chi connectivity index (χ1v) is 9.81. The van der Waals surface area contributed by atoms with E-state index in [1.807, 2.05) is 42.2 Å². The van der Waals surface area contributed by atoms with Crippen LogP contribution in [0.1, 0.15) is 19.8 Å². The van der Waals surface area contributed by atoms with Crippen LogP contribution in [0.5, 0.6) is 5.75 Å². The molecule has 1 aromatic heterocycles. The van der Waals surface area contributed by atoms with Gasteiger partial charge in [0.1, 0.15) is 16.9 Å². The Labute approximate surface area is 168 Å². The molecule has 2 atom stereocenters. The molecule has 0 saturated carbocycles. The Balaban J connectivity index is 1.58. The minimum absolute atomic E-state index is 0.163. The number of rotatable bonds is 5. The largest absolute Gasteiger partial charge is 0.495 e. The number of furan rings is 1. The van der Waals surface area contributed by atoms with Gasteiger partial charge >= 0.3 is 0 Å². The fourth-order valence-corrected chi connectivity index (χ4v) is 4.01. The molecule has 0 radical (unpaired) electrons. The molecule has 0 aliphatic carbocycles. The molecule has 0 bridgehead atoms. The molecule has 2 amide bonds. The number of nitrogens with zero attached hydrogens (tertiary/aromatic N) is 1. The van der Waals surface area contributed by atoms with E-state index in [4.69, 9.17) is 14.9 Å². The second kappa shape index (κ2) is 7.75. The van der Waals surface area contributed by atoms with Gasteiger partial charge in [-0.3, -0.25) is 14.5 Å². The summed E-state index contributed by atoms with van der Waals surface area (Å²) in [5.74, 6) is -0.109. The van der Waals surface area contributed by atoms with E-state index in [0.717, 1.165) is 35.7 Å². The number of likely N-dealkylation sites (tertiary alicyclic amines) is 1. The summed E-state index contributed by atoms with van der Waals surface area (Å²) in [6.07, 6.45) is 1.62. The Bertz CT molecular complexity index is 1070. The van der Waals surface area contributed by atoms with Crippen molar-refractivity contribution in [2.24, 2.45) is 11.7 Å². The molecular weight excluding hydrogens is 370 g/mol. The van der Waals surface area contributed by atoms with Crippen molar-refractivity contribution in [2.45, 2.75) is 25.8 Å². The van der Waals surface area contributed by atoms with Gasteiger partial charge in [-0.1, -0.05) is 18.2 Å². The lowest BCUT2D eigenvalue weighted by molar-refractivity contribution is -0.127. The Morgan fingerprint density at radius 2 is 2.03 bits per heavy atom. The second-order valence-electron chi connectivity index (χ2n) is 7.55. The van der Waals surface area contributed by atoms with Gasteiger partial charge in [0.15, 0.2) is 0 Å². The third-order valence-corrected chi connectivity index (χ3v) is 5.74. The van der Waals surface area contributed by atoms with Gasteiger partial charge in [0, 0.05) is 23.4 Å². The monoisotopic (exact) mass is 395 g/mol. The maximum atomic E-state index is 12.9. The SMILES string of the molecule is COc1cc2c(cc1NC(=O)[C@@H](C)N1CCC[C@H](C(N)=O)C1)oc1ccccc12. The van der Waals surface area contributed by atoms with Gasteiger partial charge in [-0.15, -0.1) is 0 Å². The molecule has 1 aliphatic rings. The van der Waals surface area contributed by atoms with Gasteiger partial charge in [0.25, 0.3) is 0 Å². The Kier molecular flexibility index (Phi) is 5.15. The predicted molar refractivity (Wildman–Crippen MR) is 112 cm³/mol. The summed E-state index contributed by atoms with van der Waals surface area (Å²) in [5, 5.41) is 4.89. The molecule has 1 fully saturated rings. The van der Waals surface area contributed by atoms with E-state index in [-0.39, 0.29) is 17.7 Å². The quantitative estimate of drug-likeness (QED) is 0.692. The predicted octanol–water partition coefficient (Wildman–Crippen LogP) is 3.12. The van der Waals surface area contributed by atoms with Gasteiger partial charge in [0.05, 0.1) is 24.8 Å². The van der Waals surface area contributed by atoms with E-state index in [1.54, 1.807) is 13.2 Å². The van der Waals surface area contributed by atoms with E-state index >= 15 is 0 Å². The van der Waals surface area contributed by atoms with E-state index < -0.39 is 6.04 Å².